The number of ether oxygens (including phenoxy) is 1. The van der Waals surface area contributed by atoms with Gasteiger partial charge in [-0.1, -0.05) is 6.42 Å². The van der Waals surface area contributed by atoms with Crippen LogP contribution in [0.1, 0.15) is 31.2 Å². The Bertz CT molecular complexity index is 328. The highest BCUT2D eigenvalue weighted by Crippen LogP contribution is 2.20. The van der Waals surface area contributed by atoms with Crippen molar-refractivity contribution in [1.29, 1.82) is 0 Å². The van der Waals surface area contributed by atoms with E-state index in [4.69, 9.17) is 14.9 Å². The van der Waals surface area contributed by atoms with E-state index in [2.05, 4.69) is 0 Å². The van der Waals surface area contributed by atoms with Crippen molar-refractivity contribution in [2.24, 2.45) is 0 Å². The smallest absolute Gasteiger partial charge is 0.125 e. The molecule has 1 aromatic rings. The molecule has 0 radical (unpaired) electrons. The lowest BCUT2D eigenvalue weighted by Crippen LogP contribution is -2.01. The molecule has 0 amide bonds. The van der Waals surface area contributed by atoms with E-state index in [0.717, 1.165) is 25.7 Å². The van der Waals surface area contributed by atoms with Crippen LogP contribution < -0.4 is 4.74 Å². The van der Waals surface area contributed by atoms with Gasteiger partial charge in [-0.3, -0.25) is 0 Å². The number of benzene rings is 1. The van der Waals surface area contributed by atoms with Crippen LogP contribution in [0.3, 0.4) is 0 Å². The van der Waals surface area contributed by atoms with Gasteiger partial charge in [-0.25, -0.2) is 4.39 Å². The van der Waals surface area contributed by atoms with Gasteiger partial charge in [-0.15, -0.1) is 0 Å². The highest BCUT2D eigenvalue weighted by molar-refractivity contribution is 5.33. The maximum atomic E-state index is 12.9. The second-order valence-corrected chi connectivity index (χ2v) is 3.90. The molecule has 2 N–H and O–H groups in total. The van der Waals surface area contributed by atoms with Crippen molar-refractivity contribution in [3.05, 3.63) is 29.6 Å². The Morgan fingerprint density at radius 1 is 1.06 bits per heavy atom. The Kier molecular flexibility index (Phi) is 6.58. The van der Waals surface area contributed by atoms with Gasteiger partial charge in [0.1, 0.15) is 11.6 Å². The SMILES string of the molecule is OCCCCCCOc1ccc(F)cc1CO. The van der Waals surface area contributed by atoms with Gasteiger partial charge in [-0.05, 0) is 37.5 Å². The van der Waals surface area contributed by atoms with Gasteiger partial charge in [-0.2, -0.15) is 0 Å². The summed E-state index contributed by atoms with van der Waals surface area (Å²) in [5, 5.41) is 17.6. The van der Waals surface area contributed by atoms with Gasteiger partial charge in [0.05, 0.1) is 13.2 Å². The molecule has 96 valence electrons. The van der Waals surface area contributed by atoms with Crippen LogP contribution in [0.4, 0.5) is 4.39 Å². The van der Waals surface area contributed by atoms with Crippen molar-refractivity contribution in [2.45, 2.75) is 32.3 Å². The number of halogens is 1. The Labute approximate surface area is 101 Å². The van der Waals surface area contributed by atoms with Crippen molar-refractivity contribution in [1.82, 2.24) is 0 Å². The third-order valence-corrected chi connectivity index (χ3v) is 2.50. The van der Waals surface area contributed by atoms with Crippen LogP contribution in [0, 0.1) is 5.82 Å². The summed E-state index contributed by atoms with van der Waals surface area (Å²) < 4.78 is 18.3. The predicted octanol–water partition coefficient (Wildman–Crippen LogP) is 2.25. The first-order chi connectivity index (χ1) is 8.27. The molecule has 3 nitrogen and oxygen atoms in total. The van der Waals surface area contributed by atoms with Crippen LogP contribution in [0.25, 0.3) is 0 Å². The second-order valence-electron chi connectivity index (χ2n) is 3.90. The molecule has 0 unspecified atom stereocenters. The zero-order valence-electron chi connectivity index (χ0n) is 9.86. The van der Waals surface area contributed by atoms with E-state index in [-0.39, 0.29) is 19.0 Å². The first-order valence-electron chi connectivity index (χ1n) is 5.91. The largest absolute Gasteiger partial charge is 0.493 e. The minimum Gasteiger partial charge on any atom is -0.493 e. The molecule has 0 aliphatic rings. The van der Waals surface area contributed by atoms with Crippen LogP contribution in [-0.4, -0.2) is 23.4 Å². The van der Waals surface area contributed by atoms with Gasteiger partial charge >= 0.3 is 0 Å². The molecule has 0 saturated carbocycles. The van der Waals surface area contributed by atoms with Crippen LogP contribution in [-0.2, 0) is 6.61 Å². The maximum absolute atomic E-state index is 12.9. The molecule has 0 spiro atoms. The number of hydrogen-bond acceptors (Lipinski definition) is 3. The first kappa shape index (κ1) is 13.9. The first-order valence-corrected chi connectivity index (χ1v) is 5.91. The molecule has 0 bridgehead atoms. The summed E-state index contributed by atoms with van der Waals surface area (Å²) in [4.78, 5) is 0. The number of aliphatic hydroxyl groups excluding tert-OH is 2. The summed E-state index contributed by atoms with van der Waals surface area (Å²) in [5.41, 5.74) is 0.473. The summed E-state index contributed by atoms with van der Waals surface area (Å²) in [7, 11) is 0. The Hall–Kier alpha value is -1.13. The molecule has 1 aromatic carbocycles. The molecule has 0 heterocycles. The minimum atomic E-state index is -0.371. The number of unbranched alkanes of at least 4 members (excludes halogenated alkanes) is 3. The van der Waals surface area contributed by atoms with Crippen LogP contribution in [0.2, 0.25) is 0 Å². The molecular weight excluding hydrogens is 223 g/mol. The number of hydrogen-bond donors (Lipinski definition) is 2. The predicted molar refractivity (Wildman–Crippen MR) is 63.4 cm³/mol. The van der Waals surface area contributed by atoms with Crippen molar-refractivity contribution < 1.29 is 19.3 Å². The quantitative estimate of drug-likeness (QED) is 0.687. The van der Waals surface area contributed by atoms with E-state index in [1.807, 2.05) is 0 Å². The maximum Gasteiger partial charge on any atom is 0.125 e. The molecular formula is C13H19FO3. The highest BCUT2D eigenvalue weighted by atomic mass is 19.1. The molecule has 1 rings (SSSR count). The topological polar surface area (TPSA) is 49.7 Å². The van der Waals surface area contributed by atoms with Crippen molar-refractivity contribution in [3.63, 3.8) is 0 Å². The van der Waals surface area contributed by atoms with Crippen molar-refractivity contribution >= 4 is 0 Å². The summed E-state index contributed by atoms with van der Waals surface area (Å²) in [6.07, 6.45) is 3.69. The highest BCUT2D eigenvalue weighted by Gasteiger charge is 2.04. The molecule has 0 fully saturated rings. The summed E-state index contributed by atoms with van der Waals surface area (Å²) in [6.45, 7) is 0.551. The normalized spacial score (nSPS) is 10.5. The van der Waals surface area contributed by atoms with E-state index >= 15 is 0 Å². The number of aliphatic hydroxyl groups is 2. The molecule has 0 aromatic heterocycles. The molecule has 0 atom stereocenters. The monoisotopic (exact) mass is 242 g/mol. The zero-order chi connectivity index (χ0) is 12.5. The fourth-order valence-electron chi connectivity index (χ4n) is 1.56. The van der Waals surface area contributed by atoms with E-state index < -0.39 is 0 Å². The Balaban J connectivity index is 2.31. The summed E-state index contributed by atoms with van der Waals surface area (Å²) >= 11 is 0. The van der Waals surface area contributed by atoms with Crippen LogP contribution in [0.5, 0.6) is 5.75 Å². The van der Waals surface area contributed by atoms with Gasteiger partial charge in [0.15, 0.2) is 0 Å². The lowest BCUT2D eigenvalue weighted by Gasteiger charge is -2.09. The summed E-state index contributed by atoms with van der Waals surface area (Å²) in [5.74, 6) is 0.167. The van der Waals surface area contributed by atoms with Crippen molar-refractivity contribution in [2.75, 3.05) is 13.2 Å². The standard InChI is InChI=1S/C13H19FO3/c14-12-5-6-13(11(9-12)10-16)17-8-4-2-1-3-7-15/h5-6,9,15-16H,1-4,7-8,10H2. The van der Waals surface area contributed by atoms with E-state index in [1.54, 1.807) is 0 Å². The lowest BCUT2D eigenvalue weighted by molar-refractivity contribution is 0.255. The van der Waals surface area contributed by atoms with Crippen LogP contribution >= 0.6 is 0 Å². The molecule has 0 aliphatic carbocycles. The van der Waals surface area contributed by atoms with E-state index in [0.29, 0.717) is 17.9 Å². The van der Waals surface area contributed by atoms with E-state index in [9.17, 15) is 4.39 Å². The third kappa shape index (κ3) is 5.15. The van der Waals surface area contributed by atoms with Crippen molar-refractivity contribution in [3.8, 4) is 5.75 Å². The molecule has 0 aliphatic heterocycles. The van der Waals surface area contributed by atoms with Gasteiger partial charge < -0.3 is 14.9 Å². The zero-order valence-corrected chi connectivity index (χ0v) is 9.86. The molecule has 17 heavy (non-hydrogen) atoms. The molecule has 0 saturated heterocycles. The van der Waals surface area contributed by atoms with Gasteiger partial charge in [0, 0.05) is 12.2 Å². The minimum absolute atomic E-state index is 0.225. The average Bonchev–Trinajstić information content (AvgIpc) is 2.35. The lowest BCUT2D eigenvalue weighted by atomic mass is 10.2. The Morgan fingerprint density at radius 3 is 2.53 bits per heavy atom. The van der Waals surface area contributed by atoms with Gasteiger partial charge in [0.2, 0.25) is 0 Å². The fourth-order valence-corrected chi connectivity index (χ4v) is 1.56. The Morgan fingerprint density at radius 2 is 1.82 bits per heavy atom. The molecule has 4 heteroatoms. The number of rotatable bonds is 8. The summed E-state index contributed by atoms with van der Waals surface area (Å²) in [6, 6.07) is 4.13. The second kappa shape index (κ2) is 8.03. The fraction of sp³-hybridized carbons (Fsp3) is 0.538. The third-order valence-electron chi connectivity index (χ3n) is 2.50. The van der Waals surface area contributed by atoms with E-state index in [1.165, 1.54) is 18.2 Å². The van der Waals surface area contributed by atoms with Gasteiger partial charge in [0.25, 0.3) is 0 Å². The average molecular weight is 242 g/mol. The van der Waals surface area contributed by atoms with Crippen LogP contribution in [0.15, 0.2) is 18.2 Å².